The number of carbonyl (C=O) groups excluding carboxylic acids is 1. The summed E-state index contributed by atoms with van der Waals surface area (Å²) in [6, 6.07) is 7.00. The number of hydrogen-bond donors (Lipinski definition) is 0. The summed E-state index contributed by atoms with van der Waals surface area (Å²) in [5.74, 6) is 0.778. The fraction of sp³-hybridized carbons (Fsp3) is 0.316. The van der Waals surface area contributed by atoms with Gasteiger partial charge in [-0.1, -0.05) is 6.07 Å². The highest BCUT2D eigenvalue weighted by Crippen LogP contribution is 2.40. The van der Waals surface area contributed by atoms with Crippen LogP contribution in [0.5, 0.6) is 11.6 Å². The average Bonchev–Trinajstić information content (AvgIpc) is 3.02. The van der Waals surface area contributed by atoms with Crippen molar-refractivity contribution >= 4 is 27.5 Å². The van der Waals surface area contributed by atoms with Crippen LogP contribution >= 0.6 is 11.3 Å². The van der Waals surface area contributed by atoms with E-state index in [1.54, 1.807) is 36.5 Å². The fourth-order valence-electron chi connectivity index (χ4n) is 3.15. The quantitative estimate of drug-likeness (QED) is 0.644. The molecule has 25 heavy (non-hydrogen) atoms. The predicted molar refractivity (Wildman–Crippen MR) is 96.5 cm³/mol. The molecule has 0 atom stereocenters. The number of ether oxygens (including phenoxy) is 2. The van der Waals surface area contributed by atoms with Gasteiger partial charge < -0.3 is 9.47 Å². The minimum atomic E-state index is -0.353. The van der Waals surface area contributed by atoms with Crippen molar-refractivity contribution in [3.8, 4) is 11.6 Å². The molecule has 0 unspecified atom stereocenters. The highest BCUT2D eigenvalue weighted by atomic mass is 32.1. The second-order valence-electron chi connectivity index (χ2n) is 5.92. The third-order valence-corrected chi connectivity index (χ3v) is 5.48. The maximum absolute atomic E-state index is 11.9. The van der Waals surface area contributed by atoms with Crippen molar-refractivity contribution in [2.24, 2.45) is 0 Å². The van der Waals surface area contributed by atoms with Crippen LogP contribution in [0.15, 0.2) is 30.6 Å². The molecular formula is C19H18N2O3S. The van der Waals surface area contributed by atoms with Crippen LogP contribution in [-0.4, -0.2) is 22.5 Å². The molecule has 0 bridgehead atoms. The highest BCUT2D eigenvalue weighted by molar-refractivity contribution is 7.18. The van der Waals surface area contributed by atoms with Gasteiger partial charge in [0.05, 0.1) is 17.6 Å². The molecule has 4 rings (SSSR count). The molecule has 0 amide bonds. The molecule has 1 aliphatic rings. The van der Waals surface area contributed by atoms with Crippen LogP contribution in [-0.2, 0) is 17.6 Å². The molecule has 2 heterocycles. The lowest BCUT2D eigenvalue weighted by molar-refractivity contribution is 0.0526. The van der Waals surface area contributed by atoms with Crippen LogP contribution < -0.4 is 4.74 Å². The molecule has 5 nitrogen and oxygen atoms in total. The third kappa shape index (κ3) is 3.09. The standard InChI is InChI=1S/C19H18N2O3S/c1-2-23-19(22)12-6-5-7-13(10-12)24-17-16-14-8-3-4-9-15(14)25-18(16)21-11-20-17/h5-7,10-11H,2-4,8-9H2,1H3. The fourth-order valence-corrected chi connectivity index (χ4v) is 4.37. The molecule has 2 aromatic heterocycles. The molecule has 3 aromatic rings. The summed E-state index contributed by atoms with van der Waals surface area (Å²) >= 11 is 1.73. The Kier molecular flexibility index (Phi) is 4.36. The lowest BCUT2D eigenvalue weighted by Crippen LogP contribution is -2.04. The van der Waals surface area contributed by atoms with Crippen molar-refractivity contribution < 1.29 is 14.3 Å². The first-order valence-electron chi connectivity index (χ1n) is 8.46. The van der Waals surface area contributed by atoms with Crippen molar-refractivity contribution in [1.82, 2.24) is 9.97 Å². The van der Waals surface area contributed by atoms with Gasteiger partial charge in [-0.15, -0.1) is 11.3 Å². The predicted octanol–water partition coefficient (Wildman–Crippen LogP) is 4.54. The number of aryl methyl sites for hydroxylation is 2. The van der Waals surface area contributed by atoms with E-state index in [-0.39, 0.29) is 5.97 Å². The average molecular weight is 354 g/mol. The summed E-state index contributed by atoms with van der Waals surface area (Å²) in [5.41, 5.74) is 1.79. The van der Waals surface area contributed by atoms with Gasteiger partial charge in [0.15, 0.2) is 0 Å². The monoisotopic (exact) mass is 354 g/mol. The molecule has 0 aliphatic heterocycles. The maximum Gasteiger partial charge on any atom is 0.338 e. The SMILES string of the molecule is CCOC(=O)c1cccc(Oc2ncnc3sc4c(c23)CCCC4)c1. The topological polar surface area (TPSA) is 61.3 Å². The summed E-state index contributed by atoms with van der Waals surface area (Å²) in [6.07, 6.45) is 6.10. The number of fused-ring (bicyclic) bond motifs is 3. The smallest absolute Gasteiger partial charge is 0.338 e. The normalized spacial score (nSPS) is 13.5. The molecule has 0 saturated heterocycles. The zero-order valence-electron chi connectivity index (χ0n) is 13.9. The van der Waals surface area contributed by atoms with Crippen molar-refractivity contribution in [1.29, 1.82) is 0 Å². The van der Waals surface area contributed by atoms with Crippen LogP contribution in [0, 0.1) is 0 Å². The Bertz CT molecular complexity index is 936. The molecule has 1 aliphatic carbocycles. The van der Waals surface area contributed by atoms with E-state index in [2.05, 4.69) is 9.97 Å². The molecule has 1 aromatic carbocycles. The third-order valence-electron chi connectivity index (χ3n) is 4.28. The molecule has 0 fully saturated rings. The molecular weight excluding hydrogens is 336 g/mol. The molecule has 0 saturated carbocycles. The summed E-state index contributed by atoms with van der Waals surface area (Å²) < 4.78 is 11.1. The van der Waals surface area contributed by atoms with Gasteiger partial charge in [0, 0.05) is 4.88 Å². The zero-order chi connectivity index (χ0) is 17.2. The van der Waals surface area contributed by atoms with Gasteiger partial charge in [-0.25, -0.2) is 14.8 Å². The number of nitrogens with zero attached hydrogens (tertiary/aromatic N) is 2. The van der Waals surface area contributed by atoms with Gasteiger partial charge in [-0.2, -0.15) is 0 Å². The molecule has 0 radical (unpaired) electrons. The van der Waals surface area contributed by atoms with Crippen LogP contribution in [0.4, 0.5) is 0 Å². The van der Waals surface area contributed by atoms with Gasteiger partial charge in [0.25, 0.3) is 0 Å². The van der Waals surface area contributed by atoms with Crippen LogP contribution in [0.2, 0.25) is 0 Å². The number of benzene rings is 1. The number of esters is 1. The van der Waals surface area contributed by atoms with E-state index in [9.17, 15) is 4.79 Å². The van der Waals surface area contributed by atoms with Crippen molar-refractivity contribution in [2.45, 2.75) is 32.6 Å². The van der Waals surface area contributed by atoms with Crippen LogP contribution in [0.25, 0.3) is 10.2 Å². The number of thiophene rings is 1. The summed E-state index contributed by atoms with van der Waals surface area (Å²) in [4.78, 5) is 23.0. The second kappa shape index (κ2) is 6.80. The van der Waals surface area contributed by atoms with E-state index in [0.717, 1.165) is 23.1 Å². The van der Waals surface area contributed by atoms with Crippen LogP contribution in [0.1, 0.15) is 40.6 Å². The number of hydrogen-bond acceptors (Lipinski definition) is 6. The van der Waals surface area contributed by atoms with Gasteiger partial charge >= 0.3 is 5.97 Å². The first-order valence-corrected chi connectivity index (χ1v) is 9.28. The van der Waals surface area contributed by atoms with E-state index in [4.69, 9.17) is 9.47 Å². The van der Waals surface area contributed by atoms with E-state index in [1.807, 2.05) is 6.07 Å². The Morgan fingerprint density at radius 3 is 3.00 bits per heavy atom. The molecule has 0 spiro atoms. The lowest BCUT2D eigenvalue weighted by atomic mass is 9.97. The Labute approximate surface area is 149 Å². The van der Waals surface area contributed by atoms with E-state index in [1.165, 1.54) is 29.6 Å². The second-order valence-corrected chi connectivity index (χ2v) is 7.00. The summed E-state index contributed by atoms with van der Waals surface area (Å²) in [6.45, 7) is 2.13. The molecule has 128 valence electrons. The Balaban J connectivity index is 1.70. The lowest BCUT2D eigenvalue weighted by Gasteiger charge is -2.12. The van der Waals surface area contributed by atoms with E-state index in [0.29, 0.717) is 23.8 Å². The van der Waals surface area contributed by atoms with E-state index >= 15 is 0 Å². The van der Waals surface area contributed by atoms with Gasteiger partial charge in [-0.3, -0.25) is 0 Å². The number of rotatable bonds is 4. The maximum atomic E-state index is 11.9. The van der Waals surface area contributed by atoms with Gasteiger partial charge in [0.2, 0.25) is 5.88 Å². The summed E-state index contributed by atoms with van der Waals surface area (Å²) in [7, 11) is 0. The van der Waals surface area contributed by atoms with Crippen molar-refractivity contribution in [3.63, 3.8) is 0 Å². The zero-order valence-corrected chi connectivity index (χ0v) is 14.8. The highest BCUT2D eigenvalue weighted by Gasteiger charge is 2.21. The van der Waals surface area contributed by atoms with E-state index < -0.39 is 0 Å². The summed E-state index contributed by atoms with van der Waals surface area (Å²) in [5, 5.41) is 1.02. The molecule has 6 heteroatoms. The Morgan fingerprint density at radius 2 is 2.12 bits per heavy atom. The van der Waals surface area contributed by atoms with Crippen molar-refractivity contribution in [2.75, 3.05) is 6.61 Å². The minimum absolute atomic E-state index is 0.345. The molecule has 0 N–H and O–H groups in total. The number of aromatic nitrogens is 2. The van der Waals surface area contributed by atoms with Crippen LogP contribution in [0.3, 0.4) is 0 Å². The van der Waals surface area contributed by atoms with Gasteiger partial charge in [-0.05, 0) is 56.4 Å². The minimum Gasteiger partial charge on any atom is -0.462 e. The van der Waals surface area contributed by atoms with Crippen molar-refractivity contribution in [3.05, 3.63) is 46.6 Å². The van der Waals surface area contributed by atoms with Gasteiger partial charge in [0.1, 0.15) is 16.9 Å². The number of carbonyl (C=O) groups is 1. The first-order chi connectivity index (χ1) is 12.3. The Morgan fingerprint density at radius 1 is 1.24 bits per heavy atom. The first kappa shape index (κ1) is 16.0. The Hall–Kier alpha value is -2.47. The largest absolute Gasteiger partial charge is 0.462 e.